The van der Waals surface area contributed by atoms with Crippen molar-refractivity contribution in [2.75, 3.05) is 0 Å². The molecule has 0 aliphatic heterocycles. The van der Waals surface area contributed by atoms with Crippen LogP contribution in [-0.2, 0) is 19.7 Å². The van der Waals surface area contributed by atoms with E-state index in [0.29, 0.717) is 34.4 Å². The van der Waals surface area contributed by atoms with Crippen molar-refractivity contribution in [3.05, 3.63) is 85.9 Å². The lowest BCUT2D eigenvalue weighted by Crippen LogP contribution is -2.26. The molecule has 0 aliphatic carbocycles. The predicted molar refractivity (Wildman–Crippen MR) is 133 cm³/mol. The summed E-state index contributed by atoms with van der Waals surface area (Å²) in [7, 11) is 0. The summed E-state index contributed by atoms with van der Waals surface area (Å²) in [6, 6.07) is 15.2. The number of aliphatic hydroxyl groups excluding tert-OH is 1. The topological polar surface area (TPSA) is 51.7 Å². The minimum absolute atomic E-state index is 0.0554. The average molecular weight is 589 g/mol. The van der Waals surface area contributed by atoms with Crippen molar-refractivity contribution in [1.82, 2.24) is 9.13 Å². The molecule has 1 N–H and O–H groups in total. The van der Waals surface area contributed by atoms with Gasteiger partial charge in [0.2, 0.25) is 5.62 Å². The highest BCUT2D eigenvalue weighted by atomic mass is 79.9. The number of aryl methyl sites for hydroxylation is 1. The Balaban J connectivity index is 1.91. The Morgan fingerprint density at radius 1 is 0.943 bits per heavy atom. The molecule has 3 aromatic carbocycles. The minimum atomic E-state index is -4.80. The van der Waals surface area contributed by atoms with Crippen LogP contribution in [0, 0.1) is 0 Å². The summed E-state index contributed by atoms with van der Waals surface area (Å²) in [6.07, 6.45) is -4.80. The third kappa shape index (κ3) is 5.69. The van der Waals surface area contributed by atoms with E-state index in [-0.39, 0.29) is 16.8 Å². The molecule has 1 aromatic heterocycles. The zero-order valence-electron chi connectivity index (χ0n) is 18.3. The highest BCUT2D eigenvalue weighted by Crippen LogP contribution is 2.33. The van der Waals surface area contributed by atoms with Gasteiger partial charge >= 0.3 is 6.36 Å². The van der Waals surface area contributed by atoms with E-state index in [1.807, 2.05) is 40.3 Å². The van der Waals surface area contributed by atoms with Gasteiger partial charge in [0.15, 0.2) is 0 Å². The molecule has 35 heavy (non-hydrogen) atoms. The number of nitrogens with zero attached hydrogens (tertiary/aromatic N) is 3. The van der Waals surface area contributed by atoms with Crippen LogP contribution in [0.25, 0.3) is 11.0 Å². The molecular weight excluding hydrogens is 570 g/mol. The first-order valence-electron chi connectivity index (χ1n) is 10.5. The van der Waals surface area contributed by atoms with Gasteiger partial charge in [-0.05, 0) is 64.3 Å². The zero-order chi connectivity index (χ0) is 25.3. The summed E-state index contributed by atoms with van der Waals surface area (Å²) >= 11 is 15.8. The smallest absolute Gasteiger partial charge is 0.405 e. The lowest BCUT2D eigenvalue weighted by Gasteiger charge is -2.11. The van der Waals surface area contributed by atoms with Gasteiger partial charge in [-0.2, -0.15) is 0 Å². The van der Waals surface area contributed by atoms with E-state index in [1.165, 1.54) is 18.2 Å². The van der Waals surface area contributed by atoms with Crippen molar-refractivity contribution in [2.24, 2.45) is 4.99 Å². The van der Waals surface area contributed by atoms with Gasteiger partial charge in [-0.3, -0.25) is 0 Å². The Bertz CT molecular complexity index is 1450. The van der Waals surface area contributed by atoms with Crippen LogP contribution in [0.15, 0.2) is 64.1 Å². The largest absolute Gasteiger partial charge is 0.573 e. The number of ether oxygens (including phenoxy) is 1. The number of halogens is 6. The molecule has 5 nitrogen and oxygen atoms in total. The maximum Gasteiger partial charge on any atom is 0.573 e. The lowest BCUT2D eigenvalue weighted by atomic mass is 10.1. The van der Waals surface area contributed by atoms with Crippen LogP contribution in [0.4, 0.5) is 18.9 Å². The number of rotatable bonds is 6. The first kappa shape index (κ1) is 25.6. The van der Waals surface area contributed by atoms with Gasteiger partial charge in [0.1, 0.15) is 5.75 Å². The molecular formula is C24H19BrCl2F3N3O2. The summed E-state index contributed by atoms with van der Waals surface area (Å²) in [5.74, 6) is -0.358. The Morgan fingerprint density at radius 2 is 1.54 bits per heavy atom. The summed E-state index contributed by atoms with van der Waals surface area (Å²) in [5, 5.41) is 10.1. The van der Waals surface area contributed by atoms with Crippen molar-refractivity contribution in [3.8, 4) is 5.75 Å². The number of benzene rings is 3. The van der Waals surface area contributed by atoms with E-state index >= 15 is 0 Å². The fourth-order valence-electron chi connectivity index (χ4n) is 3.72. The Morgan fingerprint density at radius 3 is 2.09 bits per heavy atom. The van der Waals surface area contributed by atoms with E-state index in [2.05, 4.69) is 20.7 Å². The third-order valence-electron chi connectivity index (χ3n) is 5.31. The zero-order valence-corrected chi connectivity index (χ0v) is 21.4. The quantitative estimate of drug-likeness (QED) is 0.259. The molecule has 0 aliphatic rings. The van der Waals surface area contributed by atoms with Gasteiger partial charge in [-0.25, -0.2) is 4.99 Å². The molecule has 0 saturated heterocycles. The molecule has 0 atom stereocenters. The number of aliphatic hydroxyl groups is 1. The van der Waals surface area contributed by atoms with Crippen LogP contribution in [-0.4, -0.2) is 20.6 Å². The number of fused-ring (bicyclic) bond motifs is 1. The fourth-order valence-corrected chi connectivity index (χ4v) is 4.49. The van der Waals surface area contributed by atoms with Gasteiger partial charge in [-0.15, -0.1) is 13.2 Å². The normalized spacial score (nSPS) is 12.5. The van der Waals surface area contributed by atoms with Gasteiger partial charge in [0.25, 0.3) is 0 Å². The molecule has 4 aromatic rings. The van der Waals surface area contributed by atoms with Crippen LogP contribution in [0.1, 0.15) is 18.1 Å². The predicted octanol–water partition coefficient (Wildman–Crippen LogP) is 7.20. The summed E-state index contributed by atoms with van der Waals surface area (Å²) in [4.78, 5) is 4.77. The van der Waals surface area contributed by atoms with E-state index in [0.717, 1.165) is 22.2 Å². The van der Waals surface area contributed by atoms with Crippen molar-refractivity contribution >= 4 is 55.9 Å². The van der Waals surface area contributed by atoms with Crippen LogP contribution in [0.2, 0.25) is 10.0 Å². The molecule has 4 rings (SSSR count). The number of alkyl halides is 3. The number of imidazole rings is 1. The summed E-state index contributed by atoms with van der Waals surface area (Å²) in [5.41, 5.74) is 4.33. The fraction of sp³-hybridized carbons (Fsp3) is 0.208. The maximum atomic E-state index is 12.6. The van der Waals surface area contributed by atoms with E-state index in [4.69, 9.17) is 28.2 Å². The van der Waals surface area contributed by atoms with Crippen molar-refractivity contribution in [2.45, 2.75) is 33.0 Å². The molecule has 1 heterocycles. The molecule has 184 valence electrons. The maximum absolute atomic E-state index is 12.6. The second-order valence-corrected chi connectivity index (χ2v) is 9.30. The Labute approximate surface area is 217 Å². The molecule has 0 bridgehead atoms. The van der Waals surface area contributed by atoms with Gasteiger partial charge in [0, 0.05) is 6.54 Å². The molecule has 0 spiro atoms. The molecule has 0 radical (unpaired) electrons. The summed E-state index contributed by atoms with van der Waals surface area (Å²) < 4.78 is 46.0. The second kappa shape index (κ2) is 10.3. The standard InChI is InChI=1S/C24H19BrCl2F3N3O2/c1-2-32-20-10-18(26)19(27)11-21(20)33(12-14-3-5-15(13-34)6-4-14)23(32)31-16-7-8-22(17(25)9-16)35-24(28,29)30/h3-11,34H,2,12-13H2,1H3. The Kier molecular flexibility index (Phi) is 7.51. The van der Waals surface area contributed by atoms with E-state index in [9.17, 15) is 18.3 Å². The van der Waals surface area contributed by atoms with Gasteiger partial charge < -0.3 is 19.0 Å². The lowest BCUT2D eigenvalue weighted by molar-refractivity contribution is -0.274. The molecule has 0 fully saturated rings. The van der Waals surface area contributed by atoms with Crippen LogP contribution in [0.3, 0.4) is 0 Å². The second-order valence-electron chi connectivity index (χ2n) is 7.63. The SMILES string of the molecule is CCn1c(=Nc2ccc(OC(F)(F)F)c(Br)c2)n(Cc2ccc(CO)cc2)c2cc(Cl)c(Cl)cc21. The highest BCUT2D eigenvalue weighted by Gasteiger charge is 2.32. The number of hydrogen-bond acceptors (Lipinski definition) is 3. The van der Waals surface area contributed by atoms with Gasteiger partial charge in [0.05, 0.1) is 44.4 Å². The summed E-state index contributed by atoms with van der Waals surface area (Å²) in [6.45, 7) is 2.89. The molecule has 0 amide bonds. The highest BCUT2D eigenvalue weighted by molar-refractivity contribution is 9.10. The minimum Gasteiger partial charge on any atom is -0.405 e. The molecule has 0 saturated carbocycles. The number of aromatic nitrogens is 2. The van der Waals surface area contributed by atoms with Gasteiger partial charge in [-0.1, -0.05) is 47.5 Å². The van der Waals surface area contributed by atoms with E-state index in [1.54, 1.807) is 12.1 Å². The van der Waals surface area contributed by atoms with Crippen molar-refractivity contribution in [3.63, 3.8) is 0 Å². The number of hydrogen-bond donors (Lipinski definition) is 1. The van der Waals surface area contributed by atoms with Crippen LogP contribution < -0.4 is 10.4 Å². The Hall–Kier alpha value is -2.46. The molecule has 0 unspecified atom stereocenters. The van der Waals surface area contributed by atoms with Crippen LogP contribution in [0.5, 0.6) is 5.75 Å². The van der Waals surface area contributed by atoms with E-state index < -0.39 is 6.36 Å². The first-order chi connectivity index (χ1) is 16.6. The van der Waals surface area contributed by atoms with Crippen molar-refractivity contribution in [1.29, 1.82) is 0 Å². The third-order valence-corrected chi connectivity index (χ3v) is 6.66. The molecule has 11 heteroatoms. The van der Waals surface area contributed by atoms with Crippen LogP contribution >= 0.6 is 39.1 Å². The monoisotopic (exact) mass is 587 g/mol. The first-order valence-corrected chi connectivity index (χ1v) is 12.0. The average Bonchev–Trinajstić information content (AvgIpc) is 3.07. The van der Waals surface area contributed by atoms with Crippen molar-refractivity contribution < 1.29 is 23.0 Å².